The van der Waals surface area contributed by atoms with Crippen LogP contribution in [0.3, 0.4) is 0 Å². The average molecular weight is 491 g/mol. The summed E-state index contributed by atoms with van der Waals surface area (Å²) >= 11 is 6.00. The molecule has 4 rings (SSSR count). The van der Waals surface area contributed by atoms with Crippen LogP contribution in [0.4, 0.5) is 5.69 Å². The molecule has 0 fully saturated rings. The van der Waals surface area contributed by atoms with E-state index in [0.29, 0.717) is 11.6 Å². The lowest BCUT2D eigenvalue weighted by atomic mass is 10.2. The van der Waals surface area contributed by atoms with Crippen LogP contribution in [-0.2, 0) is 24.4 Å². The molecule has 0 spiro atoms. The minimum atomic E-state index is -0.650. The van der Waals surface area contributed by atoms with Crippen LogP contribution in [0.25, 0.3) is 11.2 Å². The molecule has 2 aromatic heterocycles. The quantitative estimate of drug-likeness (QED) is 0.427. The number of hydrogen-bond donors (Lipinski definition) is 1. The minimum absolute atomic E-state index is 0.184. The number of nitrogens with zero attached hydrogens (tertiary/aromatic N) is 5. The van der Waals surface area contributed by atoms with E-state index in [1.807, 2.05) is 50.2 Å². The zero-order chi connectivity index (χ0) is 25.1. The van der Waals surface area contributed by atoms with E-state index >= 15 is 0 Å². The molecule has 0 saturated heterocycles. The number of carbonyl (C=O) groups is 1. The molecule has 0 aliphatic rings. The molecule has 35 heavy (non-hydrogen) atoms. The first-order chi connectivity index (χ1) is 16.8. The highest BCUT2D eigenvalue weighted by Gasteiger charge is 2.21. The number of anilines is 1. The van der Waals surface area contributed by atoms with E-state index in [0.717, 1.165) is 10.1 Å². The van der Waals surface area contributed by atoms with E-state index < -0.39 is 23.7 Å². The Balaban J connectivity index is 1.80. The Hall–Kier alpha value is -4.16. The first-order valence-corrected chi connectivity index (χ1v) is 11.4. The maximum Gasteiger partial charge on any atom is 0.333 e. The third-order valence-corrected chi connectivity index (χ3v) is 5.64. The Morgan fingerprint density at radius 2 is 1.89 bits per heavy atom. The topological polar surface area (TPSA) is 115 Å². The zero-order valence-corrected chi connectivity index (χ0v) is 20.0. The predicted molar refractivity (Wildman–Crippen MR) is 133 cm³/mol. The van der Waals surface area contributed by atoms with Gasteiger partial charge in [0, 0.05) is 11.6 Å². The maximum atomic E-state index is 13.4. The van der Waals surface area contributed by atoms with Crippen molar-refractivity contribution in [1.29, 1.82) is 5.26 Å². The van der Waals surface area contributed by atoms with Crippen LogP contribution in [-0.4, -0.2) is 24.6 Å². The molecule has 2 heterocycles. The number of imidazole rings is 1. The number of amides is 1. The fourth-order valence-corrected chi connectivity index (χ4v) is 4.04. The Morgan fingerprint density at radius 3 is 2.57 bits per heavy atom. The largest absolute Gasteiger partial charge is 0.333 e. The van der Waals surface area contributed by atoms with E-state index in [1.54, 1.807) is 10.9 Å². The molecule has 2 aromatic carbocycles. The van der Waals surface area contributed by atoms with Crippen LogP contribution >= 0.6 is 11.6 Å². The molecular formula is C25H23ClN6O3. The summed E-state index contributed by atoms with van der Waals surface area (Å²) in [5, 5.41) is 12.2. The van der Waals surface area contributed by atoms with Crippen molar-refractivity contribution in [3.63, 3.8) is 0 Å². The van der Waals surface area contributed by atoms with E-state index in [4.69, 9.17) is 11.6 Å². The number of fused-ring (bicyclic) bond motifs is 1. The first-order valence-electron chi connectivity index (χ1n) is 11.0. The van der Waals surface area contributed by atoms with Crippen molar-refractivity contribution in [2.75, 3.05) is 5.32 Å². The summed E-state index contributed by atoms with van der Waals surface area (Å²) in [6, 6.07) is 15.8. The van der Waals surface area contributed by atoms with E-state index in [1.165, 1.54) is 22.8 Å². The van der Waals surface area contributed by atoms with Crippen molar-refractivity contribution < 1.29 is 4.79 Å². The maximum absolute atomic E-state index is 13.4. The van der Waals surface area contributed by atoms with Gasteiger partial charge in [0.2, 0.25) is 5.91 Å². The summed E-state index contributed by atoms with van der Waals surface area (Å²) in [7, 11) is 0. The summed E-state index contributed by atoms with van der Waals surface area (Å²) in [4.78, 5) is 44.1. The Kier molecular flexibility index (Phi) is 6.85. The summed E-state index contributed by atoms with van der Waals surface area (Å²) < 4.78 is 4.01. The minimum Gasteiger partial charge on any atom is -0.324 e. The molecule has 0 atom stereocenters. The van der Waals surface area contributed by atoms with Crippen molar-refractivity contribution >= 4 is 34.4 Å². The summed E-state index contributed by atoms with van der Waals surface area (Å²) in [5.74, 6) is -0.409. The van der Waals surface area contributed by atoms with Gasteiger partial charge < -0.3 is 9.88 Å². The van der Waals surface area contributed by atoms with E-state index in [9.17, 15) is 19.6 Å². The molecule has 0 saturated carbocycles. The standard InChI is InChI=1S/C25H23ClN6O3/c1-16(2)12-30-15-28-23-22(30)24(34)32(25(35)31(23)13-17-6-4-3-5-7-17)14-21(33)29-20-10-19(26)9-8-18(20)11-27/h3-10,15-16H,12-14H2,1-2H3,(H,29,33). The molecular weight excluding hydrogens is 468 g/mol. The number of halogens is 1. The number of nitrogens with one attached hydrogen (secondary N) is 1. The molecule has 4 aromatic rings. The lowest BCUT2D eigenvalue weighted by Crippen LogP contribution is -2.43. The number of hydrogen-bond acceptors (Lipinski definition) is 5. The molecule has 1 N–H and O–H groups in total. The molecule has 0 unspecified atom stereocenters. The van der Waals surface area contributed by atoms with Gasteiger partial charge in [-0.15, -0.1) is 0 Å². The van der Waals surface area contributed by atoms with Crippen molar-refractivity contribution in [1.82, 2.24) is 18.7 Å². The highest BCUT2D eigenvalue weighted by atomic mass is 35.5. The van der Waals surface area contributed by atoms with Crippen LogP contribution in [0, 0.1) is 17.2 Å². The van der Waals surface area contributed by atoms with Crippen molar-refractivity contribution in [3.8, 4) is 6.07 Å². The van der Waals surface area contributed by atoms with E-state index in [-0.39, 0.29) is 34.9 Å². The molecule has 1 amide bonds. The third kappa shape index (κ3) is 5.03. The lowest BCUT2D eigenvalue weighted by molar-refractivity contribution is -0.116. The van der Waals surface area contributed by atoms with Crippen molar-refractivity contribution in [3.05, 3.63) is 91.8 Å². The number of rotatable bonds is 7. The number of nitriles is 1. The SMILES string of the molecule is CC(C)Cn1cnc2c1c(=O)n(CC(=O)Nc1cc(Cl)ccc1C#N)c(=O)n2Cc1ccccc1. The van der Waals surface area contributed by atoms with Gasteiger partial charge in [0.25, 0.3) is 5.56 Å². The molecule has 0 aliphatic carbocycles. The number of benzene rings is 2. The van der Waals surface area contributed by atoms with Gasteiger partial charge in [-0.2, -0.15) is 5.26 Å². The molecule has 178 valence electrons. The zero-order valence-electron chi connectivity index (χ0n) is 19.2. The summed E-state index contributed by atoms with van der Waals surface area (Å²) in [6.45, 7) is 4.19. The van der Waals surface area contributed by atoms with Gasteiger partial charge in [0.05, 0.1) is 24.1 Å². The third-order valence-electron chi connectivity index (χ3n) is 5.41. The van der Waals surface area contributed by atoms with Gasteiger partial charge >= 0.3 is 5.69 Å². The van der Waals surface area contributed by atoms with Crippen LogP contribution in [0.15, 0.2) is 64.4 Å². The van der Waals surface area contributed by atoms with Crippen LogP contribution in [0.5, 0.6) is 0 Å². The summed E-state index contributed by atoms with van der Waals surface area (Å²) in [6.07, 6.45) is 1.54. The molecule has 10 heteroatoms. The Labute approximate surface area is 205 Å². The number of carbonyl (C=O) groups excluding carboxylic acids is 1. The monoisotopic (exact) mass is 490 g/mol. The first kappa shape index (κ1) is 24.0. The second kappa shape index (κ2) is 9.99. The Bertz CT molecular complexity index is 1560. The van der Waals surface area contributed by atoms with Crippen LogP contribution in [0.1, 0.15) is 25.0 Å². The van der Waals surface area contributed by atoms with Crippen molar-refractivity contribution in [2.45, 2.75) is 33.5 Å². The fourth-order valence-electron chi connectivity index (χ4n) is 3.87. The molecule has 0 bridgehead atoms. The van der Waals surface area contributed by atoms with Crippen LogP contribution < -0.4 is 16.6 Å². The molecule has 9 nitrogen and oxygen atoms in total. The second-order valence-electron chi connectivity index (χ2n) is 8.56. The fraction of sp³-hybridized carbons (Fsp3) is 0.240. The predicted octanol–water partition coefficient (Wildman–Crippen LogP) is 3.23. The highest BCUT2D eigenvalue weighted by Crippen LogP contribution is 2.20. The average Bonchev–Trinajstić information content (AvgIpc) is 3.23. The second-order valence-corrected chi connectivity index (χ2v) is 8.99. The normalized spacial score (nSPS) is 11.1. The van der Waals surface area contributed by atoms with Gasteiger partial charge in [0.1, 0.15) is 12.6 Å². The van der Waals surface area contributed by atoms with Gasteiger partial charge in [-0.25, -0.2) is 14.3 Å². The summed E-state index contributed by atoms with van der Waals surface area (Å²) in [5.41, 5.74) is 0.527. The molecule has 0 aliphatic heterocycles. The number of aromatic nitrogens is 4. The molecule has 0 radical (unpaired) electrons. The van der Waals surface area contributed by atoms with E-state index in [2.05, 4.69) is 10.3 Å². The van der Waals surface area contributed by atoms with Gasteiger partial charge in [-0.05, 0) is 29.7 Å². The lowest BCUT2D eigenvalue weighted by Gasteiger charge is -2.14. The highest BCUT2D eigenvalue weighted by molar-refractivity contribution is 6.31. The van der Waals surface area contributed by atoms with Gasteiger partial charge in [-0.1, -0.05) is 55.8 Å². The van der Waals surface area contributed by atoms with Gasteiger partial charge in [-0.3, -0.25) is 14.2 Å². The van der Waals surface area contributed by atoms with Gasteiger partial charge in [0.15, 0.2) is 11.2 Å². The van der Waals surface area contributed by atoms with Crippen molar-refractivity contribution in [2.24, 2.45) is 5.92 Å². The Morgan fingerprint density at radius 1 is 1.14 bits per heavy atom. The van der Waals surface area contributed by atoms with Crippen LogP contribution in [0.2, 0.25) is 5.02 Å². The smallest absolute Gasteiger partial charge is 0.324 e.